The Labute approximate surface area is 134 Å². The van der Waals surface area contributed by atoms with Crippen molar-refractivity contribution in [1.82, 2.24) is 0 Å². The second kappa shape index (κ2) is 12.3. The van der Waals surface area contributed by atoms with Crippen LogP contribution in [0.3, 0.4) is 0 Å². The fraction of sp³-hybridized carbons (Fsp3) is 1.00. The van der Waals surface area contributed by atoms with Gasteiger partial charge in [-0.2, -0.15) is 0 Å². The average molecular weight is 318 g/mol. The molecule has 5 nitrogen and oxygen atoms in total. The van der Waals surface area contributed by atoms with E-state index >= 15 is 0 Å². The van der Waals surface area contributed by atoms with E-state index in [-0.39, 0.29) is 13.2 Å². The highest BCUT2D eigenvalue weighted by Crippen LogP contribution is 2.21. The Morgan fingerprint density at radius 2 is 1.64 bits per heavy atom. The van der Waals surface area contributed by atoms with Crippen LogP contribution in [0.25, 0.3) is 0 Å². The van der Waals surface area contributed by atoms with E-state index in [1.54, 1.807) is 0 Å². The van der Waals surface area contributed by atoms with Gasteiger partial charge in [-0.3, -0.25) is 0 Å². The molecule has 22 heavy (non-hydrogen) atoms. The van der Waals surface area contributed by atoms with Gasteiger partial charge in [-0.15, -0.1) is 0 Å². The van der Waals surface area contributed by atoms with Gasteiger partial charge in [0, 0.05) is 6.61 Å². The fourth-order valence-corrected chi connectivity index (χ4v) is 2.89. The van der Waals surface area contributed by atoms with Gasteiger partial charge in [-0.05, 0) is 6.42 Å². The first-order chi connectivity index (χ1) is 10.7. The molecule has 1 fully saturated rings. The molecule has 0 bridgehead atoms. The minimum Gasteiger partial charge on any atom is -0.394 e. The van der Waals surface area contributed by atoms with Crippen LogP contribution in [-0.2, 0) is 9.47 Å². The standard InChI is InChI=1S/C17H34O5/c1-2-3-4-5-6-7-8-9-10-11-21-17-15(20)13-22-16(17)14(19)12-18/h14-20H,2-13H2,1H3/t14-,15+,16+,17+/m0/s1. The van der Waals surface area contributed by atoms with Gasteiger partial charge in [0.05, 0.1) is 13.2 Å². The first-order valence-electron chi connectivity index (χ1n) is 8.90. The van der Waals surface area contributed by atoms with E-state index in [1.807, 2.05) is 0 Å². The maximum Gasteiger partial charge on any atom is 0.114 e. The number of hydrogen-bond acceptors (Lipinski definition) is 5. The average Bonchev–Trinajstić information content (AvgIpc) is 2.89. The first-order valence-corrected chi connectivity index (χ1v) is 8.90. The lowest BCUT2D eigenvalue weighted by molar-refractivity contribution is -0.0938. The van der Waals surface area contributed by atoms with Gasteiger partial charge in [0.15, 0.2) is 0 Å². The van der Waals surface area contributed by atoms with E-state index in [0.717, 1.165) is 12.8 Å². The van der Waals surface area contributed by atoms with Crippen LogP contribution in [0.2, 0.25) is 0 Å². The summed E-state index contributed by atoms with van der Waals surface area (Å²) in [5.41, 5.74) is 0. The number of rotatable bonds is 13. The Hall–Kier alpha value is -0.200. The van der Waals surface area contributed by atoms with Crippen molar-refractivity contribution in [2.75, 3.05) is 19.8 Å². The fourth-order valence-electron chi connectivity index (χ4n) is 2.89. The van der Waals surface area contributed by atoms with Crippen molar-refractivity contribution < 1.29 is 24.8 Å². The summed E-state index contributed by atoms with van der Waals surface area (Å²) in [4.78, 5) is 0. The first kappa shape index (κ1) is 19.8. The Kier molecular flexibility index (Phi) is 11.1. The minimum absolute atomic E-state index is 0.157. The molecular weight excluding hydrogens is 284 g/mol. The predicted molar refractivity (Wildman–Crippen MR) is 85.8 cm³/mol. The van der Waals surface area contributed by atoms with E-state index in [1.165, 1.54) is 44.9 Å². The lowest BCUT2D eigenvalue weighted by Gasteiger charge is -2.23. The van der Waals surface area contributed by atoms with E-state index in [9.17, 15) is 10.2 Å². The molecule has 132 valence electrons. The van der Waals surface area contributed by atoms with Crippen molar-refractivity contribution in [2.24, 2.45) is 0 Å². The molecule has 0 aliphatic carbocycles. The summed E-state index contributed by atoms with van der Waals surface area (Å²) < 4.78 is 11.0. The number of hydrogen-bond donors (Lipinski definition) is 3. The zero-order valence-corrected chi connectivity index (χ0v) is 14.0. The van der Waals surface area contributed by atoms with E-state index < -0.39 is 24.4 Å². The molecule has 5 heteroatoms. The molecular formula is C17H34O5. The quantitative estimate of drug-likeness (QED) is 0.453. The zero-order chi connectivity index (χ0) is 16.2. The molecule has 4 atom stereocenters. The lowest BCUT2D eigenvalue weighted by atomic mass is 10.1. The van der Waals surface area contributed by atoms with Crippen LogP contribution in [0.5, 0.6) is 0 Å². The predicted octanol–water partition coefficient (Wildman–Crippen LogP) is 2.02. The second-order valence-electron chi connectivity index (χ2n) is 6.28. The second-order valence-corrected chi connectivity index (χ2v) is 6.28. The summed E-state index contributed by atoms with van der Waals surface area (Å²) in [6, 6.07) is 0. The third-order valence-corrected chi connectivity index (χ3v) is 4.29. The van der Waals surface area contributed by atoms with Crippen LogP contribution >= 0.6 is 0 Å². The van der Waals surface area contributed by atoms with Crippen molar-refractivity contribution >= 4 is 0 Å². The molecule has 1 heterocycles. The van der Waals surface area contributed by atoms with Crippen LogP contribution in [0, 0.1) is 0 Å². The van der Waals surface area contributed by atoms with Crippen molar-refractivity contribution in [3.05, 3.63) is 0 Å². The maximum atomic E-state index is 9.80. The molecule has 1 aliphatic heterocycles. The minimum atomic E-state index is -0.995. The van der Waals surface area contributed by atoms with Crippen LogP contribution in [0.4, 0.5) is 0 Å². The molecule has 1 saturated heterocycles. The Morgan fingerprint density at radius 3 is 2.23 bits per heavy atom. The molecule has 0 unspecified atom stereocenters. The molecule has 0 spiro atoms. The summed E-state index contributed by atoms with van der Waals surface area (Å²) in [5.74, 6) is 0. The third kappa shape index (κ3) is 7.38. The highest BCUT2D eigenvalue weighted by Gasteiger charge is 2.40. The van der Waals surface area contributed by atoms with Gasteiger partial charge in [0.2, 0.25) is 0 Å². The normalized spacial score (nSPS) is 26.5. The molecule has 1 rings (SSSR count). The van der Waals surface area contributed by atoms with Crippen molar-refractivity contribution in [3.63, 3.8) is 0 Å². The van der Waals surface area contributed by atoms with Gasteiger partial charge in [-0.1, -0.05) is 58.3 Å². The topological polar surface area (TPSA) is 79.2 Å². The lowest BCUT2D eigenvalue weighted by Crippen LogP contribution is -2.42. The van der Waals surface area contributed by atoms with E-state index in [0.29, 0.717) is 6.61 Å². The van der Waals surface area contributed by atoms with Gasteiger partial charge in [-0.25, -0.2) is 0 Å². The summed E-state index contributed by atoms with van der Waals surface area (Å²) >= 11 is 0. The van der Waals surface area contributed by atoms with E-state index in [4.69, 9.17) is 14.6 Å². The van der Waals surface area contributed by atoms with Gasteiger partial charge >= 0.3 is 0 Å². The van der Waals surface area contributed by atoms with Crippen LogP contribution in [-0.4, -0.2) is 59.6 Å². The number of unbranched alkanes of at least 4 members (excludes halogenated alkanes) is 8. The van der Waals surface area contributed by atoms with Crippen LogP contribution < -0.4 is 0 Å². The largest absolute Gasteiger partial charge is 0.394 e. The highest BCUT2D eigenvalue weighted by atomic mass is 16.6. The monoisotopic (exact) mass is 318 g/mol. The maximum absolute atomic E-state index is 9.80. The van der Waals surface area contributed by atoms with E-state index in [2.05, 4.69) is 6.92 Å². The number of ether oxygens (including phenoxy) is 2. The van der Waals surface area contributed by atoms with Gasteiger partial charge in [0.1, 0.15) is 24.4 Å². The highest BCUT2D eigenvalue weighted by molar-refractivity contribution is 4.89. The summed E-state index contributed by atoms with van der Waals surface area (Å²) in [7, 11) is 0. The molecule has 0 saturated carbocycles. The van der Waals surface area contributed by atoms with Gasteiger partial charge < -0.3 is 24.8 Å². The van der Waals surface area contributed by atoms with Crippen LogP contribution in [0.15, 0.2) is 0 Å². The SMILES string of the molecule is CCCCCCCCCCCO[C@H]1[C@@H]([C@@H](O)CO)OC[C@H]1O. The van der Waals surface area contributed by atoms with Crippen molar-refractivity contribution in [3.8, 4) is 0 Å². The van der Waals surface area contributed by atoms with Crippen molar-refractivity contribution in [2.45, 2.75) is 89.1 Å². The Morgan fingerprint density at radius 1 is 1.05 bits per heavy atom. The van der Waals surface area contributed by atoms with Gasteiger partial charge in [0.25, 0.3) is 0 Å². The Bertz CT molecular complexity index is 261. The third-order valence-electron chi connectivity index (χ3n) is 4.29. The summed E-state index contributed by atoms with van der Waals surface area (Å²) in [6.45, 7) is 2.57. The molecule has 0 amide bonds. The summed E-state index contributed by atoms with van der Waals surface area (Å²) in [6.07, 6.45) is 8.38. The molecule has 0 aromatic heterocycles. The smallest absolute Gasteiger partial charge is 0.114 e. The number of aliphatic hydroxyl groups excluding tert-OH is 3. The molecule has 1 aliphatic rings. The molecule has 0 radical (unpaired) electrons. The molecule has 3 N–H and O–H groups in total. The summed E-state index contributed by atoms with van der Waals surface area (Å²) in [5, 5.41) is 28.4. The van der Waals surface area contributed by atoms with Crippen molar-refractivity contribution in [1.29, 1.82) is 0 Å². The molecule has 0 aromatic carbocycles. The zero-order valence-electron chi connectivity index (χ0n) is 14.0. The Balaban J connectivity index is 2.01. The molecule has 0 aromatic rings. The number of aliphatic hydroxyl groups is 3. The van der Waals surface area contributed by atoms with Crippen LogP contribution in [0.1, 0.15) is 64.7 Å².